The third-order valence-corrected chi connectivity index (χ3v) is 3.59. The fourth-order valence-corrected chi connectivity index (χ4v) is 2.19. The highest BCUT2D eigenvalue weighted by Crippen LogP contribution is 2.20. The summed E-state index contributed by atoms with van der Waals surface area (Å²) in [5, 5.41) is 11.6. The van der Waals surface area contributed by atoms with Crippen LogP contribution in [0, 0.1) is 17.5 Å². The number of carbonyl (C=O) groups is 2. The molecule has 0 saturated heterocycles. The van der Waals surface area contributed by atoms with E-state index in [1.807, 2.05) is 5.32 Å². The zero-order valence-corrected chi connectivity index (χ0v) is 14.6. The molecule has 0 atom stereocenters. The van der Waals surface area contributed by atoms with Gasteiger partial charge in [-0.05, 0) is 36.4 Å². The number of carbonyl (C=O) groups excluding carboxylic acids is 2. The van der Waals surface area contributed by atoms with Crippen molar-refractivity contribution in [1.82, 2.24) is 15.5 Å². The summed E-state index contributed by atoms with van der Waals surface area (Å²) in [6.07, 6.45) is 1.20. The van der Waals surface area contributed by atoms with Gasteiger partial charge in [0.05, 0.1) is 12.2 Å². The second-order valence-corrected chi connectivity index (χ2v) is 5.60. The summed E-state index contributed by atoms with van der Waals surface area (Å²) in [6.45, 7) is -0.899. The van der Waals surface area contributed by atoms with E-state index in [4.69, 9.17) is 9.15 Å². The molecule has 150 valence electrons. The van der Waals surface area contributed by atoms with E-state index in [2.05, 4.69) is 15.5 Å². The molecule has 2 N–H and O–H groups in total. The van der Waals surface area contributed by atoms with E-state index < -0.39 is 41.5 Å². The number of amides is 2. The van der Waals surface area contributed by atoms with E-state index in [1.165, 1.54) is 6.39 Å². The second kappa shape index (κ2) is 8.87. The van der Waals surface area contributed by atoms with Gasteiger partial charge in [-0.3, -0.25) is 9.59 Å². The Hall–Kier alpha value is -3.89. The third kappa shape index (κ3) is 5.09. The SMILES string of the molecule is O=C(COc1ccc(-c2nnco2)cc1)NCC(=O)Nc1ccc(F)c(F)c1F. The standard InChI is InChI=1S/C18H13F3N4O4/c19-12-5-6-13(17(21)16(12)20)24-14(26)7-22-15(27)8-28-11-3-1-10(2-4-11)18-25-23-9-29-18/h1-6,9H,7-8H2,(H,22,27)(H,24,26). The lowest BCUT2D eigenvalue weighted by molar-refractivity contribution is -0.125. The van der Waals surface area contributed by atoms with Crippen molar-refractivity contribution in [2.75, 3.05) is 18.5 Å². The van der Waals surface area contributed by atoms with Crippen molar-refractivity contribution in [2.45, 2.75) is 0 Å². The summed E-state index contributed by atoms with van der Waals surface area (Å²) in [4.78, 5) is 23.5. The normalized spacial score (nSPS) is 10.4. The van der Waals surface area contributed by atoms with Crippen LogP contribution in [0.2, 0.25) is 0 Å². The lowest BCUT2D eigenvalue weighted by atomic mass is 10.2. The molecule has 29 heavy (non-hydrogen) atoms. The predicted molar refractivity (Wildman–Crippen MR) is 93.2 cm³/mol. The maximum atomic E-state index is 13.5. The lowest BCUT2D eigenvalue weighted by Crippen LogP contribution is -2.36. The van der Waals surface area contributed by atoms with Crippen LogP contribution in [0.3, 0.4) is 0 Å². The minimum Gasteiger partial charge on any atom is -0.484 e. The highest BCUT2D eigenvalue weighted by molar-refractivity contribution is 5.94. The van der Waals surface area contributed by atoms with Crippen LogP contribution in [0.25, 0.3) is 11.5 Å². The van der Waals surface area contributed by atoms with Crippen molar-refractivity contribution in [1.29, 1.82) is 0 Å². The first-order valence-electron chi connectivity index (χ1n) is 8.13. The number of halogens is 3. The van der Waals surface area contributed by atoms with Gasteiger partial charge in [0.15, 0.2) is 24.1 Å². The van der Waals surface area contributed by atoms with Crippen molar-refractivity contribution in [3.63, 3.8) is 0 Å². The third-order valence-electron chi connectivity index (χ3n) is 3.59. The number of ether oxygens (including phenoxy) is 1. The highest BCUT2D eigenvalue weighted by Gasteiger charge is 2.15. The summed E-state index contributed by atoms with van der Waals surface area (Å²) < 4.78 is 49.8. The van der Waals surface area contributed by atoms with Crippen LogP contribution in [0.15, 0.2) is 47.2 Å². The second-order valence-electron chi connectivity index (χ2n) is 5.60. The van der Waals surface area contributed by atoms with Gasteiger partial charge in [-0.1, -0.05) is 0 Å². The van der Waals surface area contributed by atoms with Gasteiger partial charge in [-0.2, -0.15) is 0 Å². The van der Waals surface area contributed by atoms with E-state index in [0.717, 1.165) is 6.07 Å². The van der Waals surface area contributed by atoms with Gasteiger partial charge in [0.1, 0.15) is 5.75 Å². The molecule has 3 rings (SSSR count). The Morgan fingerprint density at radius 3 is 2.45 bits per heavy atom. The van der Waals surface area contributed by atoms with Gasteiger partial charge < -0.3 is 19.8 Å². The molecule has 0 spiro atoms. The molecule has 0 saturated carbocycles. The number of hydrogen-bond acceptors (Lipinski definition) is 6. The minimum absolute atomic E-state index is 0.331. The molecular formula is C18H13F3N4O4. The van der Waals surface area contributed by atoms with E-state index in [1.54, 1.807) is 24.3 Å². The van der Waals surface area contributed by atoms with Crippen LogP contribution < -0.4 is 15.4 Å². The Bertz CT molecular complexity index is 1010. The Kier molecular flexibility index (Phi) is 6.07. The molecule has 0 aliphatic carbocycles. The number of benzene rings is 2. The summed E-state index contributed by atoms with van der Waals surface area (Å²) in [5.41, 5.74) is 0.126. The van der Waals surface area contributed by atoms with E-state index in [-0.39, 0.29) is 6.61 Å². The number of anilines is 1. The monoisotopic (exact) mass is 406 g/mol. The van der Waals surface area contributed by atoms with E-state index >= 15 is 0 Å². The summed E-state index contributed by atoms with van der Waals surface area (Å²) in [7, 11) is 0. The van der Waals surface area contributed by atoms with Gasteiger partial charge in [-0.25, -0.2) is 13.2 Å². The van der Waals surface area contributed by atoms with Crippen LogP contribution in [0.4, 0.5) is 18.9 Å². The Morgan fingerprint density at radius 1 is 1.00 bits per heavy atom. The van der Waals surface area contributed by atoms with Crippen molar-refractivity contribution in [2.24, 2.45) is 0 Å². The van der Waals surface area contributed by atoms with Gasteiger partial charge in [0.25, 0.3) is 5.91 Å². The molecular weight excluding hydrogens is 393 g/mol. The predicted octanol–water partition coefficient (Wildman–Crippen LogP) is 2.29. The molecule has 3 aromatic rings. The van der Waals surface area contributed by atoms with Crippen molar-refractivity contribution >= 4 is 17.5 Å². The molecule has 0 aliphatic rings. The molecule has 11 heteroatoms. The number of nitrogens with one attached hydrogen (secondary N) is 2. The molecule has 2 amide bonds. The molecule has 0 bridgehead atoms. The van der Waals surface area contributed by atoms with Crippen LogP contribution in [0.1, 0.15) is 0 Å². The van der Waals surface area contributed by atoms with E-state index in [0.29, 0.717) is 23.3 Å². The van der Waals surface area contributed by atoms with Crippen molar-refractivity contribution < 1.29 is 31.9 Å². The molecule has 0 unspecified atom stereocenters. The van der Waals surface area contributed by atoms with Crippen LogP contribution >= 0.6 is 0 Å². The van der Waals surface area contributed by atoms with Gasteiger partial charge in [0.2, 0.25) is 18.2 Å². The molecule has 1 heterocycles. The van der Waals surface area contributed by atoms with Crippen LogP contribution in [-0.4, -0.2) is 35.2 Å². The van der Waals surface area contributed by atoms with Crippen LogP contribution in [0.5, 0.6) is 5.75 Å². The number of rotatable bonds is 7. The van der Waals surface area contributed by atoms with E-state index in [9.17, 15) is 22.8 Å². The Labute approximate surface area is 161 Å². The first kappa shape index (κ1) is 19.9. The molecule has 0 radical (unpaired) electrons. The van der Waals surface area contributed by atoms with Crippen molar-refractivity contribution in [3.05, 3.63) is 60.2 Å². The first-order valence-corrected chi connectivity index (χ1v) is 8.13. The van der Waals surface area contributed by atoms with Gasteiger partial charge in [-0.15, -0.1) is 10.2 Å². The van der Waals surface area contributed by atoms with Crippen LogP contribution in [-0.2, 0) is 9.59 Å². The smallest absolute Gasteiger partial charge is 0.258 e. The lowest BCUT2D eigenvalue weighted by Gasteiger charge is -2.09. The first-order chi connectivity index (χ1) is 13.9. The zero-order valence-electron chi connectivity index (χ0n) is 14.6. The Balaban J connectivity index is 1.44. The average Bonchev–Trinajstić information content (AvgIpc) is 3.26. The molecule has 0 aliphatic heterocycles. The molecule has 0 fully saturated rings. The topological polar surface area (TPSA) is 106 Å². The van der Waals surface area contributed by atoms with Crippen molar-refractivity contribution in [3.8, 4) is 17.2 Å². The molecule has 2 aromatic carbocycles. The Morgan fingerprint density at radius 2 is 1.76 bits per heavy atom. The highest BCUT2D eigenvalue weighted by atomic mass is 19.2. The number of aromatic nitrogens is 2. The van der Waals surface area contributed by atoms with Gasteiger partial charge >= 0.3 is 0 Å². The quantitative estimate of drug-likeness (QED) is 0.583. The summed E-state index contributed by atoms with van der Waals surface area (Å²) >= 11 is 0. The molecule has 8 nitrogen and oxygen atoms in total. The zero-order chi connectivity index (χ0) is 20.8. The number of hydrogen-bond donors (Lipinski definition) is 2. The largest absolute Gasteiger partial charge is 0.484 e. The van der Waals surface area contributed by atoms with Gasteiger partial charge in [0, 0.05) is 5.56 Å². The molecule has 1 aromatic heterocycles. The fraction of sp³-hybridized carbons (Fsp3) is 0.111. The maximum Gasteiger partial charge on any atom is 0.258 e. The summed E-state index contributed by atoms with van der Waals surface area (Å²) in [6, 6.07) is 8.03. The average molecular weight is 406 g/mol. The number of nitrogens with zero attached hydrogens (tertiary/aromatic N) is 2. The fourth-order valence-electron chi connectivity index (χ4n) is 2.19. The minimum atomic E-state index is -1.70. The summed E-state index contributed by atoms with van der Waals surface area (Å²) in [5.74, 6) is -5.34. The maximum absolute atomic E-state index is 13.5.